The molecule has 7 nitrogen and oxygen atoms in total. The molecule has 174 valence electrons. The van der Waals surface area contributed by atoms with Crippen LogP contribution in [0.2, 0.25) is 10.0 Å². The van der Waals surface area contributed by atoms with Crippen molar-refractivity contribution < 1.29 is 24.2 Å². The molecule has 34 heavy (non-hydrogen) atoms. The summed E-state index contributed by atoms with van der Waals surface area (Å²) < 4.78 is 5.43. The predicted octanol–water partition coefficient (Wildman–Crippen LogP) is 5.31. The fraction of sp³-hybridized carbons (Fsp3) is 0.160. The van der Waals surface area contributed by atoms with E-state index in [-0.39, 0.29) is 23.2 Å². The number of carbonyl (C=O) groups excluding carboxylic acids is 2. The van der Waals surface area contributed by atoms with E-state index in [2.05, 4.69) is 10.6 Å². The highest BCUT2D eigenvalue weighted by Gasteiger charge is 2.30. The SMILES string of the molecule is O=C(O)CC(NC(=O)OCC1c2ccccc2-c2ccccc21)C(=O)Nc1ccc(Cl)cc1Cl. The number of carboxylic acids is 1. The van der Waals surface area contributed by atoms with E-state index in [1.165, 1.54) is 18.2 Å². The summed E-state index contributed by atoms with van der Waals surface area (Å²) in [7, 11) is 0. The van der Waals surface area contributed by atoms with Crippen molar-refractivity contribution in [2.45, 2.75) is 18.4 Å². The van der Waals surface area contributed by atoms with Gasteiger partial charge in [0.15, 0.2) is 0 Å². The molecular formula is C25H20Cl2N2O5. The Labute approximate surface area is 205 Å². The van der Waals surface area contributed by atoms with E-state index in [4.69, 9.17) is 27.9 Å². The number of benzene rings is 3. The van der Waals surface area contributed by atoms with E-state index < -0.39 is 30.4 Å². The summed E-state index contributed by atoms with van der Waals surface area (Å²) in [5, 5.41) is 14.6. The van der Waals surface area contributed by atoms with Crippen LogP contribution >= 0.6 is 23.2 Å². The van der Waals surface area contributed by atoms with E-state index >= 15 is 0 Å². The van der Waals surface area contributed by atoms with Crippen molar-refractivity contribution in [1.29, 1.82) is 0 Å². The fourth-order valence-corrected chi connectivity index (χ4v) is 4.43. The molecule has 3 aromatic rings. The van der Waals surface area contributed by atoms with Gasteiger partial charge in [0.05, 0.1) is 17.1 Å². The predicted molar refractivity (Wildman–Crippen MR) is 129 cm³/mol. The summed E-state index contributed by atoms with van der Waals surface area (Å²) >= 11 is 11.9. The standard InChI is InChI=1S/C25H20Cl2N2O5/c26-14-9-10-21(20(27)11-14)28-24(32)22(12-23(30)31)29-25(33)34-13-19-17-7-3-1-5-15(17)16-6-2-4-8-18(16)19/h1-11,19,22H,12-13H2,(H,28,32)(H,29,33)(H,30,31). The molecule has 0 aliphatic heterocycles. The Balaban J connectivity index is 1.43. The van der Waals surface area contributed by atoms with Gasteiger partial charge < -0.3 is 20.5 Å². The summed E-state index contributed by atoms with van der Waals surface area (Å²) in [4.78, 5) is 36.5. The minimum absolute atomic E-state index is 0.0320. The Morgan fingerprint density at radius 3 is 2.15 bits per heavy atom. The van der Waals surface area contributed by atoms with Gasteiger partial charge in [-0.05, 0) is 40.5 Å². The van der Waals surface area contributed by atoms with Crippen LogP contribution in [-0.2, 0) is 14.3 Å². The van der Waals surface area contributed by atoms with Crippen molar-refractivity contribution in [3.05, 3.63) is 87.9 Å². The van der Waals surface area contributed by atoms with Gasteiger partial charge in [0.25, 0.3) is 0 Å². The number of amides is 2. The summed E-state index contributed by atoms with van der Waals surface area (Å²) in [6.07, 6.45) is -1.54. The average Bonchev–Trinajstić information content (AvgIpc) is 3.12. The van der Waals surface area contributed by atoms with Gasteiger partial charge in [0.1, 0.15) is 12.6 Å². The van der Waals surface area contributed by atoms with Crippen LogP contribution in [0.15, 0.2) is 66.7 Å². The van der Waals surface area contributed by atoms with Gasteiger partial charge in [-0.2, -0.15) is 0 Å². The normalized spacial score (nSPS) is 12.9. The van der Waals surface area contributed by atoms with Gasteiger partial charge in [-0.25, -0.2) is 4.79 Å². The lowest BCUT2D eigenvalue weighted by atomic mass is 9.98. The number of alkyl carbamates (subject to hydrolysis) is 1. The number of carboxylic acid groups (broad SMARTS) is 1. The van der Waals surface area contributed by atoms with Gasteiger partial charge in [-0.3, -0.25) is 9.59 Å². The van der Waals surface area contributed by atoms with Crippen LogP contribution < -0.4 is 10.6 Å². The van der Waals surface area contributed by atoms with Crippen LogP contribution in [0.4, 0.5) is 10.5 Å². The molecule has 0 bridgehead atoms. The quantitative estimate of drug-likeness (QED) is 0.409. The van der Waals surface area contributed by atoms with Crippen molar-refractivity contribution in [2.75, 3.05) is 11.9 Å². The molecule has 1 aliphatic carbocycles. The molecule has 4 rings (SSSR count). The first-order valence-electron chi connectivity index (χ1n) is 10.4. The number of rotatable bonds is 7. The van der Waals surface area contributed by atoms with Crippen molar-refractivity contribution in [1.82, 2.24) is 5.32 Å². The first kappa shape index (κ1) is 23.6. The number of halogens is 2. The third kappa shape index (κ3) is 5.16. The largest absolute Gasteiger partial charge is 0.481 e. The molecule has 0 spiro atoms. The molecule has 0 fully saturated rings. The zero-order chi connectivity index (χ0) is 24.2. The monoisotopic (exact) mass is 498 g/mol. The minimum atomic E-state index is -1.38. The van der Waals surface area contributed by atoms with E-state index in [9.17, 15) is 19.5 Å². The Hall–Kier alpha value is -3.55. The van der Waals surface area contributed by atoms with Crippen molar-refractivity contribution >= 4 is 46.9 Å². The number of aliphatic carboxylic acids is 1. The lowest BCUT2D eigenvalue weighted by molar-refractivity contribution is -0.139. The van der Waals surface area contributed by atoms with E-state index in [1.807, 2.05) is 48.5 Å². The van der Waals surface area contributed by atoms with Crippen LogP contribution in [0.5, 0.6) is 0 Å². The number of anilines is 1. The summed E-state index contributed by atoms with van der Waals surface area (Å²) in [6.45, 7) is 0.0320. The third-order valence-electron chi connectivity index (χ3n) is 5.52. The molecule has 0 saturated heterocycles. The number of hydrogen-bond acceptors (Lipinski definition) is 4. The zero-order valence-electron chi connectivity index (χ0n) is 17.8. The number of fused-ring (bicyclic) bond motifs is 3. The maximum atomic E-state index is 12.7. The minimum Gasteiger partial charge on any atom is -0.481 e. The van der Waals surface area contributed by atoms with Crippen LogP contribution in [0.1, 0.15) is 23.5 Å². The highest BCUT2D eigenvalue weighted by atomic mass is 35.5. The number of ether oxygens (including phenoxy) is 1. The van der Waals surface area contributed by atoms with Gasteiger partial charge >= 0.3 is 12.1 Å². The van der Waals surface area contributed by atoms with Gasteiger partial charge in [-0.1, -0.05) is 71.7 Å². The number of nitrogens with one attached hydrogen (secondary N) is 2. The smallest absolute Gasteiger partial charge is 0.407 e. The molecule has 0 saturated carbocycles. The maximum Gasteiger partial charge on any atom is 0.407 e. The first-order valence-corrected chi connectivity index (χ1v) is 11.2. The summed E-state index contributed by atoms with van der Waals surface area (Å²) in [5.41, 5.74) is 4.47. The van der Waals surface area contributed by atoms with Crippen LogP contribution in [0.25, 0.3) is 11.1 Å². The van der Waals surface area contributed by atoms with Gasteiger partial charge in [0.2, 0.25) is 5.91 Å². The molecular weight excluding hydrogens is 479 g/mol. The topological polar surface area (TPSA) is 105 Å². The molecule has 3 aromatic carbocycles. The molecule has 0 aromatic heterocycles. The maximum absolute atomic E-state index is 12.7. The fourth-order valence-electron chi connectivity index (χ4n) is 3.98. The molecule has 1 unspecified atom stereocenters. The number of carbonyl (C=O) groups is 3. The highest BCUT2D eigenvalue weighted by Crippen LogP contribution is 2.44. The Kier molecular flexibility index (Phi) is 7.05. The zero-order valence-corrected chi connectivity index (χ0v) is 19.3. The second-order valence-corrected chi connectivity index (χ2v) is 8.58. The Morgan fingerprint density at radius 2 is 1.56 bits per heavy atom. The van der Waals surface area contributed by atoms with Crippen molar-refractivity contribution in [3.63, 3.8) is 0 Å². The average molecular weight is 499 g/mol. The van der Waals surface area contributed by atoms with Crippen molar-refractivity contribution in [3.8, 4) is 11.1 Å². The number of hydrogen-bond donors (Lipinski definition) is 3. The molecule has 1 aliphatic rings. The third-order valence-corrected chi connectivity index (χ3v) is 6.07. The second-order valence-electron chi connectivity index (χ2n) is 7.73. The van der Waals surface area contributed by atoms with E-state index in [0.717, 1.165) is 22.3 Å². The molecule has 3 N–H and O–H groups in total. The molecule has 2 amide bonds. The van der Waals surface area contributed by atoms with Gasteiger partial charge in [0, 0.05) is 10.9 Å². The molecule has 9 heteroatoms. The molecule has 0 radical (unpaired) electrons. The van der Waals surface area contributed by atoms with Crippen LogP contribution in [0, 0.1) is 0 Å². The Bertz CT molecular complexity index is 1220. The second kappa shape index (κ2) is 10.2. The summed E-state index contributed by atoms with van der Waals surface area (Å²) in [5.74, 6) is -2.18. The lowest BCUT2D eigenvalue weighted by Crippen LogP contribution is -2.45. The van der Waals surface area contributed by atoms with Crippen LogP contribution in [0.3, 0.4) is 0 Å². The van der Waals surface area contributed by atoms with Crippen molar-refractivity contribution in [2.24, 2.45) is 0 Å². The highest BCUT2D eigenvalue weighted by molar-refractivity contribution is 6.36. The first-order chi connectivity index (χ1) is 16.3. The lowest BCUT2D eigenvalue weighted by Gasteiger charge is -2.19. The molecule has 1 atom stereocenters. The van der Waals surface area contributed by atoms with Crippen LogP contribution in [-0.4, -0.2) is 35.7 Å². The van der Waals surface area contributed by atoms with E-state index in [0.29, 0.717) is 5.02 Å². The Morgan fingerprint density at radius 1 is 0.941 bits per heavy atom. The van der Waals surface area contributed by atoms with Gasteiger partial charge in [-0.15, -0.1) is 0 Å². The molecule has 0 heterocycles. The summed E-state index contributed by atoms with van der Waals surface area (Å²) in [6, 6.07) is 18.8. The van der Waals surface area contributed by atoms with E-state index in [1.54, 1.807) is 0 Å².